The van der Waals surface area contributed by atoms with Crippen LogP contribution in [0.15, 0.2) is 0 Å². The van der Waals surface area contributed by atoms with Gasteiger partial charge in [-0.2, -0.15) is 0 Å². The fourth-order valence-electron chi connectivity index (χ4n) is 1.56. The fraction of sp³-hybridized carbons (Fsp3) is 0.818. The van der Waals surface area contributed by atoms with Crippen molar-refractivity contribution in [1.82, 2.24) is 6.15 Å². The van der Waals surface area contributed by atoms with Gasteiger partial charge < -0.3 is 10.9 Å². The van der Waals surface area contributed by atoms with Crippen molar-refractivity contribution < 1.29 is 14.3 Å². The summed E-state index contributed by atoms with van der Waals surface area (Å²) in [6, 6.07) is 0. The molecule has 0 bridgehead atoms. The molecule has 0 heterocycles. The molecule has 0 aromatic carbocycles. The molecule has 1 fully saturated rings. The predicted molar refractivity (Wildman–Crippen MR) is 57.8 cm³/mol. The van der Waals surface area contributed by atoms with Crippen LogP contribution in [-0.4, -0.2) is 17.4 Å². The van der Waals surface area contributed by atoms with E-state index in [1.54, 1.807) is 0 Å². The number of ketones is 1. The van der Waals surface area contributed by atoms with Crippen molar-refractivity contribution in [1.29, 1.82) is 0 Å². The van der Waals surface area contributed by atoms with E-state index in [0.717, 1.165) is 0 Å². The Labute approximate surface area is 91.0 Å². The molecule has 15 heavy (non-hydrogen) atoms. The lowest BCUT2D eigenvalue weighted by atomic mass is 9.88. The van der Waals surface area contributed by atoms with Crippen LogP contribution in [0, 0.1) is 5.92 Å². The van der Waals surface area contributed by atoms with Gasteiger partial charge in [-0.25, -0.2) is 0 Å². The van der Waals surface area contributed by atoms with E-state index in [1.807, 2.05) is 20.8 Å². The summed E-state index contributed by atoms with van der Waals surface area (Å²) < 4.78 is 5.26. The molecule has 0 radical (unpaired) electrons. The van der Waals surface area contributed by atoms with Gasteiger partial charge in [0, 0.05) is 12.8 Å². The second kappa shape index (κ2) is 5.26. The lowest BCUT2D eigenvalue weighted by Crippen LogP contribution is -2.30. The van der Waals surface area contributed by atoms with E-state index in [0.29, 0.717) is 25.7 Å². The van der Waals surface area contributed by atoms with Crippen LogP contribution in [0.4, 0.5) is 0 Å². The lowest BCUT2D eigenvalue weighted by Gasteiger charge is -2.25. The van der Waals surface area contributed by atoms with Crippen molar-refractivity contribution >= 4 is 11.8 Å². The van der Waals surface area contributed by atoms with Gasteiger partial charge in [0.15, 0.2) is 0 Å². The monoisotopic (exact) mass is 215 g/mol. The molecule has 0 aromatic heterocycles. The van der Waals surface area contributed by atoms with E-state index in [2.05, 4.69) is 0 Å². The van der Waals surface area contributed by atoms with Crippen molar-refractivity contribution in [3.63, 3.8) is 0 Å². The normalized spacial score (nSPS) is 18.2. The van der Waals surface area contributed by atoms with E-state index in [4.69, 9.17) is 4.74 Å². The minimum Gasteiger partial charge on any atom is -0.460 e. The molecule has 3 N–H and O–H groups in total. The molecule has 0 amide bonds. The van der Waals surface area contributed by atoms with Crippen molar-refractivity contribution in [2.75, 3.05) is 0 Å². The quantitative estimate of drug-likeness (QED) is 0.680. The number of hydrogen-bond donors (Lipinski definition) is 1. The van der Waals surface area contributed by atoms with Gasteiger partial charge in [-0.3, -0.25) is 9.59 Å². The summed E-state index contributed by atoms with van der Waals surface area (Å²) >= 11 is 0. The van der Waals surface area contributed by atoms with E-state index in [9.17, 15) is 9.59 Å². The molecule has 1 aliphatic rings. The van der Waals surface area contributed by atoms with E-state index >= 15 is 0 Å². The zero-order chi connectivity index (χ0) is 10.8. The van der Waals surface area contributed by atoms with Gasteiger partial charge in [-0.05, 0) is 33.6 Å². The third-order valence-corrected chi connectivity index (χ3v) is 2.28. The zero-order valence-corrected chi connectivity index (χ0v) is 9.84. The summed E-state index contributed by atoms with van der Waals surface area (Å²) in [5, 5.41) is 0. The molecule has 0 aliphatic heterocycles. The topological polar surface area (TPSA) is 78.4 Å². The van der Waals surface area contributed by atoms with Gasteiger partial charge in [0.1, 0.15) is 11.4 Å². The second-order valence-electron chi connectivity index (χ2n) is 4.85. The first kappa shape index (κ1) is 14.1. The van der Waals surface area contributed by atoms with Crippen molar-refractivity contribution in [3.05, 3.63) is 0 Å². The Hall–Kier alpha value is -0.900. The zero-order valence-electron chi connectivity index (χ0n) is 9.84. The van der Waals surface area contributed by atoms with Crippen molar-refractivity contribution in [2.45, 2.75) is 52.1 Å². The number of rotatable bonds is 1. The standard InChI is InChI=1S/C11H18O3.H3N/c1-11(2,3)14-10(13)8-4-6-9(12)7-5-8;/h8H,4-7H2,1-3H3;1H3. The first-order valence-corrected chi connectivity index (χ1v) is 5.13. The average Bonchev–Trinajstić information content (AvgIpc) is 2.02. The molecule has 1 rings (SSSR count). The van der Waals surface area contributed by atoms with Crippen molar-refractivity contribution in [3.8, 4) is 0 Å². The number of carbonyl (C=O) groups excluding carboxylic acids is 2. The molecule has 1 saturated carbocycles. The van der Waals surface area contributed by atoms with Crippen LogP contribution in [0.3, 0.4) is 0 Å². The van der Waals surface area contributed by atoms with Gasteiger partial charge in [-0.1, -0.05) is 0 Å². The summed E-state index contributed by atoms with van der Waals surface area (Å²) in [6.45, 7) is 5.58. The molecular formula is C11H21NO3. The third-order valence-electron chi connectivity index (χ3n) is 2.28. The summed E-state index contributed by atoms with van der Waals surface area (Å²) in [5.41, 5.74) is -0.418. The smallest absolute Gasteiger partial charge is 0.309 e. The molecule has 4 nitrogen and oxygen atoms in total. The third kappa shape index (κ3) is 4.93. The summed E-state index contributed by atoms with van der Waals surface area (Å²) in [4.78, 5) is 22.6. The first-order valence-electron chi connectivity index (χ1n) is 5.13. The van der Waals surface area contributed by atoms with Crippen LogP contribution in [0.1, 0.15) is 46.5 Å². The highest BCUT2D eigenvalue weighted by molar-refractivity contribution is 5.82. The van der Waals surface area contributed by atoms with Crippen LogP contribution in [0.5, 0.6) is 0 Å². The second-order valence-corrected chi connectivity index (χ2v) is 4.85. The Morgan fingerprint density at radius 2 is 1.73 bits per heavy atom. The van der Waals surface area contributed by atoms with Gasteiger partial charge in [0.25, 0.3) is 0 Å². The number of hydrogen-bond acceptors (Lipinski definition) is 4. The Morgan fingerprint density at radius 1 is 1.27 bits per heavy atom. The largest absolute Gasteiger partial charge is 0.460 e. The number of carbonyl (C=O) groups is 2. The van der Waals surface area contributed by atoms with Gasteiger partial charge >= 0.3 is 5.97 Å². The molecule has 0 saturated heterocycles. The summed E-state index contributed by atoms with van der Waals surface area (Å²) in [6.07, 6.45) is 2.38. The number of Topliss-reactive ketones (excluding diaryl/α,β-unsaturated/α-hetero) is 1. The molecular weight excluding hydrogens is 194 g/mol. The van der Waals surface area contributed by atoms with Crippen LogP contribution in [-0.2, 0) is 14.3 Å². The van der Waals surface area contributed by atoms with Crippen LogP contribution < -0.4 is 6.15 Å². The van der Waals surface area contributed by atoms with Gasteiger partial charge in [0.2, 0.25) is 0 Å². The Kier molecular flexibility index (Phi) is 4.94. The van der Waals surface area contributed by atoms with Crippen molar-refractivity contribution in [2.24, 2.45) is 5.92 Å². The van der Waals surface area contributed by atoms with Gasteiger partial charge in [0.05, 0.1) is 5.92 Å². The molecule has 0 aromatic rings. The molecule has 0 spiro atoms. The molecule has 1 aliphatic carbocycles. The van der Waals surface area contributed by atoms with Crippen LogP contribution >= 0.6 is 0 Å². The SMILES string of the molecule is CC(C)(C)OC(=O)C1CCC(=O)CC1.N. The van der Waals surface area contributed by atoms with Crippen LogP contribution in [0.2, 0.25) is 0 Å². The minimum atomic E-state index is -0.418. The minimum absolute atomic E-state index is 0. The number of ether oxygens (including phenoxy) is 1. The highest BCUT2D eigenvalue weighted by Gasteiger charge is 2.28. The van der Waals surface area contributed by atoms with E-state index in [1.165, 1.54) is 0 Å². The highest BCUT2D eigenvalue weighted by atomic mass is 16.6. The van der Waals surface area contributed by atoms with Crippen LogP contribution in [0.25, 0.3) is 0 Å². The average molecular weight is 215 g/mol. The first-order chi connectivity index (χ1) is 6.38. The predicted octanol–water partition coefficient (Wildman–Crippen LogP) is 2.25. The van der Waals surface area contributed by atoms with E-state index < -0.39 is 5.60 Å². The molecule has 4 heteroatoms. The Morgan fingerprint density at radius 3 is 2.13 bits per heavy atom. The fourth-order valence-corrected chi connectivity index (χ4v) is 1.56. The van der Waals surface area contributed by atoms with E-state index in [-0.39, 0.29) is 23.8 Å². The molecule has 88 valence electrons. The summed E-state index contributed by atoms with van der Waals surface area (Å²) in [5.74, 6) is 0.0572. The maximum atomic E-state index is 11.6. The maximum Gasteiger partial charge on any atom is 0.309 e. The Balaban J connectivity index is 0.00000196. The Bertz CT molecular complexity index is 233. The van der Waals surface area contributed by atoms with Gasteiger partial charge in [-0.15, -0.1) is 0 Å². The molecule has 0 atom stereocenters. The maximum absolute atomic E-state index is 11.6. The molecule has 0 unspecified atom stereocenters. The highest BCUT2D eigenvalue weighted by Crippen LogP contribution is 2.24. The summed E-state index contributed by atoms with van der Waals surface area (Å²) in [7, 11) is 0. The number of esters is 1. The lowest BCUT2D eigenvalue weighted by molar-refractivity contribution is -0.161.